The number of piperidine rings is 1. The molecular formula is C26H31FN6O3. The Labute approximate surface area is 209 Å². The Balaban J connectivity index is 1.43. The van der Waals surface area contributed by atoms with Gasteiger partial charge >= 0.3 is 0 Å². The van der Waals surface area contributed by atoms with Crippen molar-refractivity contribution < 1.29 is 19.1 Å². The Kier molecular flexibility index (Phi) is 7.35. The Morgan fingerprint density at radius 2 is 1.89 bits per heavy atom. The molecule has 1 aliphatic heterocycles. The number of nitrogens with zero attached hydrogens (tertiary/aromatic N) is 4. The van der Waals surface area contributed by atoms with Crippen LogP contribution < -0.4 is 15.5 Å². The number of aliphatic hydroxyl groups is 1. The summed E-state index contributed by atoms with van der Waals surface area (Å²) >= 11 is 0. The molecule has 4 rings (SSSR count). The molecule has 1 aromatic carbocycles. The maximum atomic E-state index is 13.6. The van der Waals surface area contributed by atoms with Gasteiger partial charge in [-0.2, -0.15) is 0 Å². The molecule has 2 amide bonds. The van der Waals surface area contributed by atoms with E-state index in [1.807, 2.05) is 0 Å². The minimum Gasteiger partial charge on any atom is -0.377 e. The number of hydrogen-bond donors (Lipinski definition) is 3. The largest absolute Gasteiger partial charge is 0.377 e. The second-order valence-electron chi connectivity index (χ2n) is 9.18. The first-order chi connectivity index (χ1) is 17.2. The summed E-state index contributed by atoms with van der Waals surface area (Å²) in [6, 6.07) is 4.27. The summed E-state index contributed by atoms with van der Waals surface area (Å²) in [7, 11) is 1.71. The van der Waals surface area contributed by atoms with E-state index >= 15 is 0 Å². The highest BCUT2D eigenvalue weighted by atomic mass is 19.1. The third-order valence-corrected chi connectivity index (χ3v) is 6.85. The lowest BCUT2D eigenvalue weighted by molar-refractivity contribution is -0.130. The lowest BCUT2D eigenvalue weighted by Crippen LogP contribution is -2.46. The zero-order valence-corrected chi connectivity index (χ0v) is 20.9. The zero-order chi connectivity index (χ0) is 26.0. The van der Waals surface area contributed by atoms with E-state index in [-0.39, 0.29) is 17.8 Å². The van der Waals surface area contributed by atoms with E-state index in [0.29, 0.717) is 46.6 Å². The summed E-state index contributed by atoms with van der Waals surface area (Å²) < 4.78 is 15.3. The maximum absolute atomic E-state index is 13.6. The van der Waals surface area contributed by atoms with Crippen LogP contribution in [0.5, 0.6) is 0 Å². The van der Waals surface area contributed by atoms with Crippen molar-refractivity contribution in [3.05, 3.63) is 70.7 Å². The number of amides is 2. The molecular weight excluding hydrogens is 463 g/mol. The number of aromatic nitrogens is 3. The van der Waals surface area contributed by atoms with Crippen LogP contribution in [0.2, 0.25) is 0 Å². The number of rotatable bonds is 6. The van der Waals surface area contributed by atoms with Gasteiger partial charge in [-0.15, -0.1) is 0 Å². The van der Waals surface area contributed by atoms with Gasteiger partial charge in [-0.05, 0) is 62.9 Å². The van der Waals surface area contributed by atoms with Crippen molar-refractivity contribution in [2.24, 2.45) is 7.05 Å². The van der Waals surface area contributed by atoms with E-state index in [0.717, 1.165) is 18.9 Å². The quantitative estimate of drug-likeness (QED) is 0.486. The molecule has 190 valence electrons. The fraction of sp³-hybridized carbons (Fsp3) is 0.385. The number of carbonyl (C=O) groups is 2. The first-order valence-electron chi connectivity index (χ1n) is 11.9. The average molecular weight is 495 g/mol. The van der Waals surface area contributed by atoms with Gasteiger partial charge < -0.3 is 25.2 Å². The molecule has 0 saturated carbocycles. The van der Waals surface area contributed by atoms with E-state index in [4.69, 9.17) is 0 Å². The maximum Gasteiger partial charge on any atom is 0.257 e. The summed E-state index contributed by atoms with van der Waals surface area (Å²) in [4.78, 5) is 36.6. The standard InChI is InChI=1S/C26H31FN6O3/c1-15-13-19(5-6-20(15)27)31-25(35)22-16(2)23(32(4)17(22)3)24(34)26(36)30-18-7-11-33(12-8-18)21-14-28-9-10-29-21/h5-6,9-10,13-14,18,24,34H,7-8,11-12H2,1-4H3,(H,30,36)(H,31,35). The minimum absolute atomic E-state index is 0.0776. The van der Waals surface area contributed by atoms with Gasteiger partial charge in [0.15, 0.2) is 6.10 Å². The van der Waals surface area contributed by atoms with Crippen LogP contribution >= 0.6 is 0 Å². The summed E-state index contributed by atoms with van der Waals surface area (Å²) in [6.45, 7) is 6.53. The molecule has 3 aromatic rings. The highest BCUT2D eigenvalue weighted by Gasteiger charge is 2.31. The second-order valence-corrected chi connectivity index (χ2v) is 9.18. The molecule has 2 aromatic heterocycles. The van der Waals surface area contributed by atoms with Gasteiger partial charge in [-0.1, -0.05) is 0 Å². The van der Waals surface area contributed by atoms with Crippen molar-refractivity contribution in [3.8, 4) is 0 Å². The minimum atomic E-state index is -1.43. The monoisotopic (exact) mass is 494 g/mol. The molecule has 1 aliphatic rings. The van der Waals surface area contributed by atoms with Crippen molar-refractivity contribution in [1.82, 2.24) is 19.9 Å². The zero-order valence-electron chi connectivity index (χ0n) is 20.9. The van der Waals surface area contributed by atoms with Crippen LogP contribution in [-0.4, -0.2) is 50.6 Å². The van der Waals surface area contributed by atoms with E-state index in [9.17, 15) is 19.1 Å². The van der Waals surface area contributed by atoms with Crippen molar-refractivity contribution in [2.75, 3.05) is 23.3 Å². The Morgan fingerprint density at radius 1 is 1.17 bits per heavy atom. The third-order valence-electron chi connectivity index (χ3n) is 6.85. The Morgan fingerprint density at radius 3 is 2.53 bits per heavy atom. The predicted molar refractivity (Wildman–Crippen MR) is 134 cm³/mol. The summed E-state index contributed by atoms with van der Waals surface area (Å²) in [5.74, 6) is -0.436. The highest BCUT2D eigenvalue weighted by Crippen LogP contribution is 2.28. The molecule has 0 spiro atoms. The summed E-state index contributed by atoms with van der Waals surface area (Å²) in [5, 5.41) is 16.7. The molecule has 0 radical (unpaired) electrons. The van der Waals surface area contributed by atoms with Gasteiger partial charge in [0.1, 0.15) is 11.6 Å². The van der Waals surface area contributed by atoms with Gasteiger partial charge in [0.25, 0.3) is 11.8 Å². The van der Waals surface area contributed by atoms with Gasteiger partial charge in [-0.3, -0.25) is 14.6 Å². The molecule has 1 fully saturated rings. The lowest BCUT2D eigenvalue weighted by Gasteiger charge is -2.33. The number of hydrogen-bond acceptors (Lipinski definition) is 6. The number of halogens is 1. The van der Waals surface area contributed by atoms with E-state index < -0.39 is 12.0 Å². The van der Waals surface area contributed by atoms with E-state index in [1.165, 1.54) is 12.1 Å². The third kappa shape index (κ3) is 5.08. The van der Waals surface area contributed by atoms with Gasteiger partial charge in [0.05, 0.1) is 17.5 Å². The van der Waals surface area contributed by atoms with Crippen LogP contribution in [0.4, 0.5) is 15.9 Å². The van der Waals surface area contributed by atoms with E-state index in [1.54, 1.807) is 57.0 Å². The number of benzene rings is 1. The first kappa shape index (κ1) is 25.3. The molecule has 3 heterocycles. The van der Waals surface area contributed by atoms with Crippen LogP contribution in [0, 0.1) is 26.6 Å². The topological polar surface area (TPSA) is 112 Å². The van der Waals surface area contributed by atoms with Crippen molar-refractivity contribution in [3.63, 3.8) is 0 Å². The summed E-state index contributed by atoms with van der Waals surface area (Å²) in [6.07, 6.45) is 4.99. The molecule has 9 nitrogen and oxygen atoms in total. The lowest BCUT2D eigenvalue weighted by atomic mass is 10.0. The van der Waals surface area contributed by atoms with Gasteiger partial charge in [0.2, 0.25) is 0 Å². The molecule has 3 N–H and O–H groups in total. The van der Waals surface area contributed by atoms with Crippen LogP contribution in [0.1, 0.15) is 51.8 Å². The molecule has 0 bridgehead atoms. The number of aryl methyl sites for hydroxylation is 1. The predicted octanol–water partition coefficient (Wildman–Crippen LogP) is 2.95. The fourth-order valence-corrected chi connectivity index (χ4v) is 4.75. The molecule has 1 unspecified atom stereocenters. The fourth-order valence-electron chi connectivity index (χ4n) is 4.75. The summed E-state index contributed by atoms with van der Waals surface area (Å²) in [5.41, 5.74) is 2.76. The number of aliphatic hydroxyl groups excluding tert-OH is 1. The van der Waals surface area contributed by atoms with Crippen LogP contribution in [0.3, 0.4) is 0 Å². The highest BCUT2D eigenvalue weighted by molar-refractivity contribution is 6.06. The first-order valence-corrected chi connectivity index (χ1v) is 11.9. The molecule has 0 aliphatic carbocycles. The van der Waals surface area contributed by atoms with Crippen molar-refractivity contribution >= 4 is 23.3 Å². The molecule has 1 saturated heterocycles. The van der Waals surface area contributed by atoms with Crippen LogP contribution in [0.15, 0.2) is 36.8 Å². The number of anilines is 2. The second kappa shape index (κ2) is 10.4. The molecule has 1 atom stereocenters. The van der Waals surface area contributed by atoms with Gasteiger partial charge in [0, 0.05) is 50.0 Å². The Hall–Kier alpha value is -3.79. The van der Waals surface area contributed by atoms with Crippen LogP contribution in [0.25, 0.3) is 0 Å². The Bertz CT molecular complexity index is 1270. The number of carbonyl (C=O) groups excluding carboxylic acids is 2. The normalized spacial score (nSPS) is 15.0. The molecule has 10 heteroatoms. The van der Waals surface area contributed by atoms with Gasteiger partial charge in [-0.25, -0.2) is 9.37 Å². The molecule has 36 heavy (non-hydrogen) atoms. The SMILES string of the molecule is Cc1cc(NC(=O)c2c(C)c(C(O)C(=O)NC3CCN(c4cnccn4)CC3)n(C)c2C)ccc1F. The van der Waals surface area contributed by atoms with E-state index in [2.05, 4.69) is 25.5 Å². The smallest absolute Gasteiger partial charge is 0.257 e. The van der Waals surface area contributed by atoms with Crippen molar-refractivity contribution in [1.29, 1.82) is 0 Å². The van der Waals surface area contributed by atoms with Crippen LogP contribution in [-0.2, 0) is 11.8 Å². The average Bonchev–Trinajstić information content (AvgIpc) is 3.09. The van der Waals surface area contributed by atoms with Crippen molar-refractivity contribution in [2.45, 2.75) is 45.8 Å². The number of nitrogens with one attached hydrogen (secondary N) is 2.